The van der Waals surface area contributed by atoms with Crippen LogP contribution < -0.4 is 5.32 Å². The van der Waals surface area contributed by atoms with E-state index >= 15 is 0 Å². The van der Waals surface area contributed by atoms with Crippen molar-refractivity contribution in [3.05, 3.63) is 39.8 Å². The van der Waals surface area contributed by atoms with Crippen LogP contribution in [0, 0.1) is 0 Å². The van der Waals surface area contributed by atoms with Gasteiger partial charge >= 0.3 is 13.1 Å². The summed E-state index contributed by atoms with van der Waals surface area (Å²) in [5.74, 6) is -0.467. The fourth-order valence-corrected chi connectivity index (χ4v) is 2.71. The lowest BCUT2D eigenvalue weighted by Gasteiger charge is -2.32. The highest BCUT2D eigenvalue weighted by molar-refractivity contribution is 6.56. The molecule has 1 N–H and O–H groups in total. The molecule has 0 radical (unpaired) electrons. The van der Waals surface area contributed by atoms with E-state index < -0.39 is 24.3 Å². The van der Waals surface area contributed by atoms with E-state index in [1.54, 1.807) is 12.1 Å². The Morgan fingerprint density at radius 3 is 2.40 bits per heavy atom. The normalized spacial score (nSPS) is 19.2. The summed E-state index contributed by atoms with van der Waals surface area (Å²) in [7, 11) is 2.73. The maximum atomic E-state index is 11.8. The number of benzene rings is 1. The molecule has 2 rings (SSSR count). The number of likely N-dealkylation sites (N-methyl/N-ethyl adjacent to an activating group) is 1. The topological polar surface area (TPSA) is 56.8 Å². The first-order chi connectivity index (χ1) is 11.6. The van der Waals surface area contributed by atoms with Gasteiger partial charge in [0, 0.05) is 6.54 Å². The molecule has 0 atom stereocenters. The van der Waals surface area contributed by atoms with Crippen molar-refractivity contribution in [1.29, 1.82) is 0 Å². The summed E-state index contributed by atoms with van der Waals surface area (Å²) < 4.78 is 17.0. The molecule has 25 heavy (non-hydrogen) atoms. The van der Waals surface area contributed by atoms with E-state index in [1.165, 1.54) is 7.11 Å². The monoisotopic (exact) mass is 365 g/mol. The second kappa shape index (κ2) is 7.50. The fourth-order valence-electron chi connectivity index (χ4n) is 2.51. The minimum absolute atomic E-state index is 0.329. The molecule has 0 aromatic heterocycles. The van der Waals surface area contributed by atoms with Crippen LogP contribution >= 0.6 is 11.6 Å². The Labute approximate surface area is 154 Å². The molecule has 1 aromatic rings. The Bertz CT molecular complexity index is 672. The lowest BCUT2D eigenvalue weighted by atomic mass is 9.77. The molecule has 1 aliphatic rings. The number of hydrogen-bond acceptors (Lipinski definition) is 5. The van der Waals surface area contributed by atoms with Gasteiger partial charge in [0.1, 0.15) is 0 Å². The Morgan fingerprint density at radius 2 is 1.88 bits per heavy atom. The van der Waals surface area contributed by atoms with Crippen molar-refractivity contribution in [3.8, 4) is 0 Å². The van der Waals surface area contributed by atoms with Crippen molar-refractivity contribution in [2.45, 2.75) is 38.9 Å². The van der Waals surface area contributed by atoms with Crippen LogP contribution in [0.5, 0.6) is 0 Å². The van der Waals surface area contributed by atoms with Crippen LogP contribution in [0.1, 0.15) is 43.6 Å². The Kier molecular flexibility index (Phi) is 5.99. The number of nitrogens with one attached hydrogen (secondary N) is 1. The van der Waals surface area contributed by atoms with Gasteiger partial charge in [0.2, 0.25) is 0 Å². The van der Waals surface area contributed by atoms with Gasteiger partial charge in [-0.25, -0.2) is 4.79 Å². The smallest absolute Gasteiger partial charge is 0.465 e. The standard InChI is InChI=1S/C18H25BClNO4/c1-17(2)18(3,4)25-19(24-17)13(11-21-5)9-12-7-8-15(20)14(10-12)16(22)23-6/h7-10,21H,11H2,1-6H3. The molecule has 1 heterocycles. The molecule has 1 aromatic carbocycles. The van der Waals surface area contributed by atoms with Crippen molar-refractivity contribution in [3.63, 3.8) is 0 Å². The molecule has 0 unspecified atom stereocenters. The van der Waals surface area contributed by atoms with E-state index in [9.17, 15) is 4.79 Å². The summed E-state index contributed by atoms with van der Waals surface area (Å²) in [6.07, 6.45) is 1.95. The van der Waals surface area contributed by atoms with Crippen molar-refractivity contribution < 1.29 is 18.8 Å². The molecule has 136 valence electrons. The van der Waals surface area contributed by atoms with Crippen LogP contribution in [0.15, 0.2) is 23.7 Å². The maximum Gasteiger partial charge on any atom is 0.491 e. The highest BCUT2D eigenvalue weighted by Crippen LogP contribution is 2.38. The number of halogens is 1. The third-order valence-corrected chi connectivity index (χ3v) is 5.01. The number of hydrogen-bond donors (Lipinski definition) is 1. The van der Waals surface area contributed by atoms with E-state index in [4.69, 9.17) is 25.6 Å². The number of rotatable bonds is 5. The average molecular weight is 366 g/mol. The van der Waals surface area contributed by atoms with Gasteiger partial charge in [-0.2, -0.15) is 0 Å². The van der Waals surface area contributed by atoms with Crippen molar-refractivity contribution in [2.24, 2.45) is 0 Å². The first-order valence-electron chi connectivity index (χ1n) is 8.20. The zero-order valence-corrected chi connectivity index (χ0v) is 16.4. The SMILES string of the molecule is CNCC(=Cc1ccc(Cl)c(C(=O)OC)c1)B1OC(C)(C)C(C)(C)O1. The summed E-state index contributed by atoms with van der Waals surface area (Å²) in [4.78, 5) is 11.8. The predicted molar refractivity (Wildman–Crippen MR) is 101 cm³/mol. The summed E-state index contributed by atoms with van der Waals surface area (Å²) in [5.41, 5.74) is 1.25. The molecule has 7 heteroatoms. The summed E-state index contributed by atoms with van der Waals surface area (Å²) in [6.45, 7) is 8.65. The molecule has 0 aliphatic carbocycles. The highest BCUT2D eigenvalue weighted by Gasteiger charge is 2.52. The molecular weight excluding hydrogens is 340 g/mol. The first-order valence-corrected chi connectivity index (χ1v) is 8.57. The van der Waals surface area contributed by atoms with E-state index in [0.29, 0.717) is 17.1 Å². The van der Waals surface area contributed by atoms with E-state index in [1.807, 2.05) is 46.9 Å². The van der Waals surface area contributed by atoms with Crippen LogP contribution in [-0.2, 0) is 14.0 Å². The molecule has 0 bridgehead atoms. The lowest BCUT2D eigenvalue weighted by Crippen LogP contribution is -2.41. The largest absolute Gasteiger partial charge is 0.491 e. The quantitative estimate of drug-likeness (QED) is 0.640. The maximum absolute atomic E-state index is 11.8. The minimum Gasteiger partial charge on any atom is -0.465 e. The summed E-state index contributed by atoms with van der Waals surface area (Å²) >= 11 is 6.09. The lowest BCUT2D eigenvalue weighted by molar-refractivity contribution is 0.00578. The van der Waals surface area contributed by atoms with E-state index in [0.717, 1.165) is 11.0 Å². The zero-order valence-electron chi connectivity index (χ0n) is 15.6. The molecule has 0 saturated carbocycles. The van der Waals surface area contributed by atoms with Crippen molar-refractivity contribution in [1.82, 2.24) is 5.32 Å². The van der Waals surface area contributed by atoms with Crippen molar-refractivity contribution in [2.75, 3.05) is 20.7 Å². The highest BCUT2D eigenvalue weighted by atomic mass is 35.5. The van der Waals surface area contributed by atoms with Gasteiger partial charge in [-0.3, -0.25) is 0 Å². The van der Waals surface area contributed by atoms with Gasteiger partial charge in [-0.1, -0.05) is 23.7 Å². The van der Waals surface area contributed by atoms with Crippen LogP contribution in [0.3, 0.4) is 0 Å². The van der Waals surface area contributed by atoms with Gasteiger partial charge < -0.3 is 19.4 Å². The second-order valence-corrected chi connectivity index (χ2v) is 7.48. The van der Waals surface area contributed by atoms with E-state index in [-0.39, 0.29) is 0 Å². The number of esters is 1. The first kappa shape index (κ1) is 20.0. The average Bonchev–Trinajstić information content (AvgIpc) is 2.76. The molecule has 1 fully saturated rings. The van der Waals surface area contributed by atoms with Crippen LogP contribution in [0.2, 0.25) is 5.02 Å². The summed E-state index contributed by atoms with van der Waals surface area (Å²) in [6, 6.07) is 5.23. The van der Waals surface area contributed by atoms with Gasteiger partial charge in [0.15, 0.2) is 0 Å². The minimum atomic E-state index is -0.467. The van der Waals surface area contributed by atoms with Gasteiger partial charge in [0.25, 0.3) is 0 Å². The van der Waals surface area contributed by atoms with Gasteiger partial charge in [0.05, 0.1) is 28.9 Å². The number of ether oxygens (including phenoxy) is 1. The predicted octanol–water partition coefficient (Wildman–Crippen LogP) is 3.36. The van der Waals surface area contributed by atoms with Crippen molar-refractivity contribution >= 4 is 30.8 Å². The third kappa shape index (κ3) is 4.26. The molecular formula is C18H25BClNO4. The Hall–Kier alpha value is -1.34. The number of carbonyl (C=O) groups excluding carboxylic acids is 1. The molecule has 1 saturated heterocycles. The zero-order chi connectivity index (χ0) is 18.8. The van der Waals surface area contributed by atoms with Crippen LogP contribution in [-0.4, -0.2) is 45.0 Å². The van der Waals surface area contributed by atoms with Gasteiger partial charge in [-0.15, -0.1) is 0 Å². The molecule has 0 spiro atoms. The number of methoxy groups -OCH3 is 1. The summed E-state index contributed by atoms with van der Waals surface area (Å²) in [5, 5.41) is 3.49. The molecule has 1 aliphatic heterocycles. The van der Waals surface area contributed by atoms with Crippen LogP contribution in [0.4, 0.5) is 0 Å². The molecule has 0 amide bonds. The Balaban J connectivity index is 2.37. The Morgan fingerprint density at radius 1 is 1.28 bits per heavy atom. The van der Waals surface area contributed by atoms with Gasteiger partial charge in [-0.05, 0) is 57.9 Å². The second-order valence-electron chi connectivity index (χ2n) is 7.07. The number of carbonyl (C=O) groups is 1. The van der Waals surface area contributed by atoms with E-state index in [2.05, 4.69) is 5.32 Å². The fraction of sp³-hybridized carbons (Fsp3) is 0.500. The molecule has 5 nitrogen and oxygen atoms in total. The third-order valence-electron chi connectivity index (χ3n) is 4.68. The van der Waals surface area contributed by atoms with Crippen LogP contribution in [0.25, 0.3) is 6.08 Å².